The van der Waals surface area contributed by atoms with Crippen molar-refractivity contribution in [2.24, 2.45) is 0 Å². The molecule has 2 fully saturated rings. The minimum absolute atomic E-state index is 0.219. The van der Waals surface area contributed by atoms with Crippen LogP contribution in [0.25, 0.3) is 16.9 Å². The summed E-state index contributed by atoms with van der Waals surface area (Å²) in [5.41, 5.74) is 6.55. The van der Waals surface area contributed by atoms with Gasteiger partial charge in [-0.15, -0.1) is 0 Å². The predicted molar refractivity (Wildman–Crippen MR) is 143 cm³/mol. The number of hydrogen-bond acceptors (Lipinski definition) is 5. The van der Waals surface area contributed by atoms with Crippen molar-refractivity contribution in [3.05, 3.63) is 63.8 Å². The number of amides is 1. The second-order valence-electron chi connectivity index (χ2n) is 9.45. The summed E-state index contributed by atoms with van der Waals surface area (Å²) in [4.78, 5) is 13.3. The molecule has 0 saturated carbocycles. The number of benzene rings is 2. The average Bonchev–Trinajstić information content (AvgIpc) is 3.52. The third-order valence-electron chi connectivity index (χ3n) is 6.83. The topological polar surface area (TPSA) is 71.4 Å². The highest BCUT2D eigenvalue weighted by Crippen LogP contribution is 2.33. The lowest BCUT2D eigenvalue weighted by Gasteiger charge is -2.26. The van der Waals surface area contributed by atoms with Crippen molar-refractivity contribution in [2.45, 2.75) is 45.1 Å². The molecule has 2 saturated heterocycles. The van der Waals surface area contributed by atoms with E-state index in [0.717, 1.165) is 61.5 Å². The summed E-state index contributed by atoms with van der Waals surface area (Å²) in [5, 5.41) is 11.2. The van der Waals surface area contributed by atoms with Crippen molar-refractivity contribution in [1.82, 2.24) is 25.5 Å². The van der Waals surface area contributed by atoms with Crippen LogP contribution < -0.4 is 15.5 Å². The Hall–Kier alpha value is -2.58. The predicted octanol–water partition coefficient (Wildman–Crippen LogP) is 5.42. The molecule has 2 aromatic carbocycles. The second kappa shape index (κ2) is 11.2. The van der Waals surface area contributed by atoms with Crippen LogP contribution in [0.5, 0.6) is 5.75 Å². The number of aromatic nitrogens is 2. The Balaban J connectivity index is 1.46. The van der Waals surface area contributed by atoms with E-state index < -0.39 is 0 Å². The highest BCUT2D eigenvalue weighted by Gasteiger charge is 2.25. The second-order valence-corrected chi connectivity index (χ2v) is 10.3. The van der Waals surface area contributed by atoms with Gasteiger partial charge in [0.15, 0.2) is 5.69 Å². The van der Waals surface area contributed by atoms with E-state index in [-0.39, 0.29) is 5.91 Å². The first-order valence-corrected chi connectivity index (χ1v) is 13.3. The molecule has 7 nitrogen and oxygen atoms in total. The normalized spacial score (nSPS) is 18.4. The Morgan fingerprint density at radius 3 is 2.58 bits per heavy atom. The molecule has 0 radical (unpaired) electrons. The van der Waals surface area contributed by atoms with Gasteiger partial charge in [0, 0.05) is 35.3 Å². The molecule has 1 aromatic heterocycles. The Labute approximate surface area is 221 Å². The van der Waals surface area contributed by atoms with E-state index >= 15 is 0 Å². The molecule has 9 heteroatoms. The molecule has 0 spiro atoms. The van der Waals surface area contributed by atoms with Crippen molar-refractivity contribution in [3.8, 4) is 22.7 Å². The van der Waals surface area contributed by atoms with Crippen LogP contribution in [0.3, 0.4) is 0 Å². The summed E-state index contributed by atoms with van der Waals surface area (Å²) < 4.78 is 7.73. The first-order valence-electron chi connectivity index (χ1n) is 12.6. The molecule has 2 aliphatic heterocycles. The van der Waals surface area contributed by atoms with Gasteiger partial charge in [-0.1, -0.05) is 29.6 Å². The van der Waals surface area contributed by atoms with E-state index in [9.17, 15) is 4.79 Å². The first-order chi connectivity index (χ1) is 17.5. The summed E-state index contributed by atoms with van der Waals surface area (Å²) in [7, 11) is 0. The Bertz CT molecular complexity index is 1220. The van der Waals surface area contributed by atoms with Gasteiger partial charge in [-0.3, -0.25) is 10.2 Å². The van der Waals surface area contributed by atoms with E-state index in [0.29, 0.717) is 34.1 Å². The van der Waals surface area contributed by atoms with E-state index in [1.165, 1.54) is 12.8 Å². The molecule has 2 N–H and O–H groups in total. The fourth-order valence-electron chi connectivity index (χ4n) is 4.88. The molecule has 1 amide bonds. The van der Waals surface area contributed by atoms with Crippen LogP contribution in [0.4, 0.5) is 0 Å². The average molecular weight is 528 g/mol. The fraction of sp³-hybridized carbons (Fsp3) is 0.407. The lowest BCUT2D eigenvalue weighted by atomic mass is 10.1. The maximum atomic E-state index is 13.3. The molecule has 3 heterocycles. The third kappa shape index (κ3) is 5.54. The number of carbonyl (C=O) groups excluding carboxylic acids is 1. The monoisotopic (exact) mass is 527 g/mol. The molecule has 0 aliphatic carbocycles. The molecule has 190 valence electrons. The maximum Gasteiger partial charge on any atom is 0.286 e. The Morgan fingerprint density at radius 1 is 1.11 bits per heavy atom. The van der Waals surface area contributed by atoms with Crippen LogP contribution in [0.1, 0.15) is 48.2 Å². The van der Waals surface area contributed by atoms with Crippen LogP contribution in [-0.2, 0) is 0 Å². The Kier molecular flexibility index (Phi) is 7.82. The van der Waals surface area contributed by atoms with E-state index in [2.05, 4.69) is 10.7 Å². The smallest absolute Gasteiger partial charge is 0.286 e. The van der Waals surface area contributed by atoms with Crippen molar-refractivity contribution in [2.75, 3.05) is 26.2 Å². The van der Waals surface area contributed by atoms with Crippen LogP contribution in [0.2, 0.25) is 10.0 Å². The Morgan fingerprint density at radius 2 is 1.89 bits per heavy atom. The molecule has 1 atom stereocenters. The molecule has 1 unspecified atom stereocenters. The number of piperidine rings is 1. The van der Waals surface area contributed by atoms with Gasteiger partial charge in [-0.25, -0.2) is 9.69 Å². The zero-order valence-corrected chi connectivity index (χ0v) is 21.9. The number of nitrogens with zero attached hydrogens (tertiary/aromatic N) is 3. The summed E-state index contributed by atoms with van der Waals surface area (Å²) in [6.45, 7) is 5.32. The molecule has 2 aliphatic rings. The third-order valence-corrected chi connectivity index (χ3v) is 7.37. The van der Waals surface area contributed by atoms with Crippen molar-refractivity contribution in [3.63, 3.8) is 0 Å². The zero-order chi connectivity index (χ0) is 25.1. The molecule has 3 aromatic rings. The number of hydrogen-bond donors (Lipinski definition) is 2. The summed E-state index contributed by atoms with van der Waals surface area (Å²) >= 11 is 12.7. The molecular weight excluding hydrogens is 497 g/mol. The number of ether oxygens (including phenoxy) is 1. The number of carbonyl (C=O) groups is 1. The van der Waals surface area contributed by atoms with Gasteiger partial charge in [0.25, 0.3) is 5.91 Å². The first kappa shape index (κ1) is 25.1. The maximum absolute atomic E-state index is 13.3. The summed E-state index contributed by atoms with van der Waals surface area (Å²) in [6, 6.07) is 13.6. The van der Waals surface area contributed by atoms with Gasteiger partial charge in [0.05, 0.1) is 16.4 Å². The van der Waals surface area contributed by atoms with Crippen molar-refractivity contribution >= 4 is 29.1 Å². The van der Waals surface area contributed by atoms with E-state index in [4.69, 9.17) is 33.0 Å². The number of nitrogens with one attached hydrogen (secondary N) is 2. The fourth-order valence-corrected chi connectivity index (χ4v) is 5.37. The highest BCUT2D eigenvalue weighted by atomic mass is 35.5. The van der Waals surface area contributed by atoms with Gasteiger partial charge in [0.1, 0.15) is 12.4 Å². The van der Waals surface area contributed by atoms with Gasteiger partial charge in [-0.2, -0.15) is 5.10 Å². The van der Waals surface area contributed by atoms with Gasteiger partial charge >= 0.3 is 0 Å². The van der Waals surface area contributed by atoms with Gasteiger partial charge in [-0.05, 0) is 81.6 Å². The molecular formula is C27H31Cl2N5O2. The lowest BCUT2D eigenvalue weighted by Crippen LogP contribution is -2.45. The molecule has 36 heavy (non-hydrogen) atoms. The van der Waals surface area contributed by atoms with Crippen LogP contribution >= 0.6 is 23.2 Å². The van der Waals surface area contributed by atoms with Crippen molar-refractivity contribution < 1.29 is 9.53 Å². The largest absolute Gasteiger partial charge is 0.492 e. The van der Waals surface area contributed by atoms with Crippen LogP contribution in [-0.4, -0.2) is 53.0 Å². The number of rotatable bonds is 7. The lowest BCUT2D eigenvalue weighted by molar-refractivity contribution is 0.0743. The zero-order valence-electron chi connectivity index (χ0n) is 20.4. The summed E-state index contributed by atoms with van der Waals surface area (Å²) in [5.74, 6) is 0.590. The van der Waals surface area contributed by atoms with E-state index in [1.54, 1.807) is 16.8 Å². The van der Waals surface area contributed by atoms with E-state index in [1.807, 2.05) is 42.3 Å². The minimum Gasteiger partial charge on any atom is -0.492 e. The standard InChI is InChI=1S/C27H31Cl2N5O2/c1-18-25(27(35)32-33-14-3-2-4-15-33)31-34(24-12-9-20(28)16-23(24)29)26(18)19-7-10-22(11-8-19)36-17-21-6-5-13-30-21/h7-12,16,21,30H,2-6,13-15,17H2,1H3,(H,32,35). The molecule has 5 rings (SSSR count). The number of hydrazine groups is 1. The summed E-state index contributed by atoms with van der Waals surface area (Å²) in [6.07, 6.45) is 5.67. The molecule has 0 bridgehead atoms. The minimum atomic E-state index is -0.219. The SMILES string of the molecule is Cc1c(C(=O)NN2CCCCC2)nn(-c2ccc(Cl)cc2Cl)c1-c1ccc(OCC2CCCN2)cc1. The highest BCUT2D eigenvalue weighted by molar-refractivity contribution is 6.35. The number of halogens is 2. The van der Waals surface area contributed by atoms with Gasteiger partial charge in [0.2, 0.25) is 0 Å². The van der Waals surface area contributed by atoms with Crippen LogP contribution in [0.15, 0.2) is 42.5 Å². The van der Waals surface area contributed by atoms with Gasteiger partial charge < -0.3 is 10.1 Å². The van der Waals surface area contributed by atoms with Crippen molar-refractivity contribution in [1.29, 1.82) is 0 Å². The van der Waals surface area contributed by atoms with Crippen LogP contribution in [0, 0.1) is 6.92 Å². The quantitative estimate of drug-likeness (QED) is 0.429.